The largest absolute Gasteiger partial charge is 0.382 e. The van der Waals surface area contributed by atoms with Crippen LogP contribution >= 0.6 is 0 Å². The predicted octanol–water partition coefficient (Wildman–Crippen LogP) is 3.99. The molecule has 1 heterocycles. The van der Waals surface area contributed by atoms with E-state index in [0.29, 0.717) is 12.0 Å². The summed E-state index contributed by atoms with van der Waals surface area (Å²) in [6, 6.07) is 17.5. The van der Waals surface area contributed by atoms with Crippen LogP contribution in [0.2, 0.25) is 0 Å². The maximum atomic E-state index is 4.35. The molecule has 0 aliphatic heterocycles. The van der Waals surface area contributed by atoms with Gasteiger partial charge in [-0.3, -0.25) is 9.97 Å². The minimum atomic E-state index is 0.560. The van der Waals surface area contributed by atoms with Gasteiger partial charge in [0.1, 0.15) is 0 Å². The quantitative estimate of drug-likeness (QED) is 0.785. The molecule has 3 nitrogen and oxygen atoms in total. The molecule has 1 aliphatic carbocycles. The monoisotopic (exact) mass is 275 g/mol. The summed E-state index contributed by atoms with van der Waals surface area (Å²) in [6.07, 6.45) is 5.86. The molecule has 0 radical (unpaired) electrons. The molecule has 21 heavy (non-hydrogen) atoms. The first-order valence-corrected chi connectivity index (χ1v) is 7.41. The molecule has 3 heteroatoms. The van der Waals surface area contributed by atoms with E-state index in [0.717, 1.165) is 16.7 Å². The predicted molar refractivity (Wildman–Crippen MR) is 85.4 cm³/mol. The highest BCUT2D eigenvalue weighted by Crippen LogP contribution is 2.38. The average molecular weight is 275 g/mol. The Kier molecular flexibility index (Phi) is 3.03. The van der Waals surface area contributed by atoms with Crippen molar-refractivity contribution < 1.29 is 0 Å². The Labute approximate surface area is 124 Å². The highest BCUT2D eigenvalue weighted by Gasteiger charge is 2.29. The first-order valence-electron chi connectivity index (χ1n) is 7.41. The summed E-state index contributed by atoms with van der Waals surface area (Å²) in [5.74, 6) is 0.698. The number of hydrogen-bond donors (Lipinski definition) is 1. The van der Waals surface area contributed by atoms with E-state index in [1.165, 1.54) is 18.4 Å². The van der Waals surface area contributed by atoms with Gasteiger partial charge in [0.05, 0.1) is 11.0 Å². The molecular weight excluding hydrogens is 258 g/mol. The molecule has 0 amide bonds. The van der Waals surface area contributed by atoms with Crippen LogP contribution in [-0.4, -0.2) is 16.0 Å². The molecule has 1 aliphatic rings. The fourth-order valence-electron chi connectivity index (χ4n) is 3.02. The van der Waals surface area contributed by atoms with Crippen molar-refractivity contribution in [2.75, 3.05) is 5.32 Å². The molecule has 4 rings (SSSR count). The summed E-state index contributed by atoms with van der Waals surface area (Å²) in [7, 11) is 0. The van der Waals surface area contributed by atoms with Gasteiger partial charge in [-0.05, 0) is 42.5 Å². The van der Waals surface area contributed by atoms with Crippen LogP contribution in [0.5, 0.6) is 0 Å². The Bertz CT molecular complexity index is 749. The second kappa shape index (κ2) is 5.17. The van der Waals surface area contributed by atoms with Crippen LogP contribution in [0.15, 0.2) is 60.9 Å². The lowest BCUT2D eigenvalue weighted by atomic mass is 9.76. The summed E-state index contributed by atoms with van der Waals surface area (Å²) in [5.41, 5.74) is 4.49. The van der Waals surface area contributed by atoms with Gasteiger partial charge in [0.2, 0.25) is 0 Å². The van der Waals surface area contributed by atoms with Crippen LogP contribution in [0.4, 0.5) is 5.69 Å². The van der Waals surface area contributed by atoms with Crippen molar-refractivity contribution in [2.45, 2.75) is 24.8 Å². The molecule has 0 atom stereocenters. The SMILES string of the molecule is c1ccc(C2CC(Nc3ccc4nccnc4c3)C2)cc1. The minimum absolute atomic E-state index is 0.560. The zero-order chi connectivity index (χ0) is 14.1. The molecule has 0 saturated heterocycles. The Morgan fingerprint density at radius 1 is 0.857 bits per heavy atom. The molecule has 0 unspecified atom stereocenters. The Morgan fingerprint density at radius 3 is 2.43 bits per heavy atom. The molecule has 104 valence electrons. The topological polar surface area (TPSA) is 37.8 Å². The summed E-state index contributed by atoms with van der Waals surface area (Å²) in [6.45, 7) is 0. The number of nitrogens with zero attached hydrogens (tertiary/aromatic N) is 2. The number of rotatable bonds is 3. The van der Waals surface area contributed by atoms with E-state index in [4.69, 9.17) is 0 Å². The summed E-state index contributed by atoms with van der Waals surface area (Å²) in [4.78, 5) is 8.65. The number of fused-ring (bicyclic) bond motifs is 1. The van der Waals surface area contributed by atoms with E-state index in [2.05, 4.69) is 57.7 Å². The number of hydrogen-bond acceptors (Lipinski definition) is 3. The Hall–Kier alpha value is -2.42. The van der Waals surface area contributed by atoms with E-state index < -0.39 is 0 Å². The molecule has 1 fully saturated rings. The zero-order valence-electron chi connectivity index (χ0n) is 11.7. The number of benzene rings is 2. The zero-order valence-corrected chi connectivity index (χ0v) is 11.7. The van der Waals surface area contributed by atoms with Crippen molar-refractivity contribution in [3.8, 4) is 0 Å². The van der Waals surface area contributed by atoms with E-state index in [1.54, 1.807) is 12.4 Å². The number of anilines is 1. The van der Waals surface area contributed by atoms with Gasteiger partial charge < -0.3 is 5.32 Å². The summed E-state index contributed by atoms with van der Waals surface area (Å²) in [5, 5.41) is 3.60. The normalized spacial score (nSPS) is 21.0. The Morgan fingerprint density at radius 2 is 1.62 bits per heavy atom. The first-order chi connectivity index (χ1) is 10.4. The summed E-state index contributed by atoms with van der Waals surface area (Å²) < 4.78 is 0. The second-order valence-corrected chi connectivity index (χ2v) is 5.68. The van der Waals surface area contributed by atoms with Gasteiger partial charge in [-0.1, -0.05) is 30.3 Å². The summed E-state index contributed by atoms with van der Waals surface area (Å²) >= 11 is 0. The van der Waals surface area contributed by atoms with E-state index >= 15 is 0 Å². The van der Waals surface area contributed by atoms with E-state index in [1.807, 2.05) is 6.07 Å². The van der Waals surface area contributed by atoms with Crippen molar-refractivity contribution in [1.29, 1.82) is 0 Å². The molecule has 0 bridgehead atoms. The van der Waals surface area contributed by atoms with Crippen molar-refractivity contribution in [2.24, 2.45) is 0 Å². The maximum Gasteiger partial charge on any atom is 0.0907 e. The third kappa shape index (κ3) is 2.47. The molecule has 1 N–H and O–H groups in total. The first kappa shape index (κ1) is 12.3. The van der Waals surface area contributed by atoms with Gasteiger partial charge in [0, 0.05) is 24.1 Å². The Balaban J connectivity index is 1.43. The molecule has 2 aromatic carbocycles. The third-order valence-electron chi connectivity index (χ3n) is 4.25. The van der Waals surface area contributed by atoms with Crippen LogP contribution in [0.25, 0.3) is 11.0 Å². The fraction of sp³-hybridized carbons (Fsp3) is 0.222. The van der Waals surface area contributed by atoms with Gasteiger partial charge in [-0.15, -0.1) is 0 Å². The highest BCUT2D eigenvalue weighted by atomic mass is 14.9. The molecule has 3 aromatic rings. The standard InChI is InChI=1S/C18H17N3/c1-2-4-13(5-3-1)14-10-16(11-14)21-15-6-7-17-18(12-15)20-9-8-19-17/h1-9,12,14,16,21H,10-11H2. The van der Waals surface area contributed by atoms with E-state index in [-0.39, 0.29) is 0 Å². The smallest absolute Gasteiger partial charge is 0.0907 e. The lowest BCUT2D eigenvalue weighted by Gasteiger charge is -2.37. The number of aromatic nitrogens is 2. The van der Waals surface area contributed by atoms with Gasteiger partial charge >= 0.3 is 0 Å². The number of nitrogens with one attached hydrogen (secondary N) is 1. The lowest BCUT2D eigenvalue weighted by Crippen LogP contribution is -2.33. The molecule has 1 saturated carbocycles. The van der Waals surface area contributed by atoms with Crippen LogP contribution in [-0.2, 0) is 0 Å². The molecule has 0 spiro atoms. The van der Waals surface area contributed by atoms with Crippen molar-refractivity contribution in [1.82, 2.24) is 9.97 Å². The van der Waals surface area contributed by atoms with Crippen LogP contribution in [0.1, 0.15) is 24.3 Å². The highest BCUT2D eigenvalue weighted by molar-refractivity contribution is 5.78. The lowest BCUT2D eigenvalue weighted by molar-refractivity contribution is 0.374. The molecule has 1 aromatic heterocycles. The van der Waals surface area contributed by atoms with Crippen LogP contribution in [0, 0.1) is 0 Å². The average Bonchev–Trinajstić information content (AvgIpc) is 2.51. The van der Waals surface area contributed by atoms with Crippen molar-refractivity contribution in [3.63, 3.8) is 0 Å². The van der Waals surface area contributed by atoms with Gasteiger partial charge in [0.15, 0.2) is 0 Å². The maximum absolute atomic E-state index is 4.35. The van der Waals surface area contributed by atoms with Crippen LogP contribution in [0.3, 0.4) is 0 Å². The van der Waals surface area contributed by atoms with Gasteiger partial charge in [0.25, 0.3) is 0 Å². The van der Waals surface area contributed by atoms with Gasteiger partial charge in [-0.2, -0.15) is 0 Å². The van der Waals surface area contributed by atoms with Crippen molar-refractivity contribution in [3.05, 3.63) is 66.5 Å². The second-order valence-electron chi connectivity index (χ2n) is 5.68. The third-order valence-corrected chi connectivity index (χ3v) is 4.25. The van der Waals surface area contributed by atoms with E-state index in [9.17, 15) is 0 Å². The van der Waals surface area contributed by atoms with Crippen LogP contribution < -0.4 is 5.32 Å². The van der Waals surface area contributed by atoms with Gasteiger partial charge in [-0.25, -0.2) is 0 Å². The van der Waals surface area contributed by atoms with Crippen molar-refractivity contribution >= 4 is 16.7 Å². The fourth-order valence-corrected chi connectivity index (χ4v) is 3.02. The minimum Gasteiger partial charge on any atom is -0.382 e. The molecular formula is C18H17N3.